The van der Waals surface area contributed by atoms with E-state index in [0.29, 0.717) is 19.0 Å². The van der Waals surface area contributed by atoms with Crippen molar-refractivity contribution < 1.29 is 18.0 Å². The van der Waals surface area contributed by atoms with Crippen LogP contribution in [0.3, 0.4) is 0 Å². The average molecular weight is 432 g/mol. The third-order valence-corrected chi connectivity index (χ3v) is 5.32. The maximum atomic E-state index is 13.0. The van der Waals surface area contributed by atoms with Crippen molar-refractivity contribution in [1.82, 2.24) is 10.2 Å². The number of carbonyl (C=O) groups excluding carboxylic acids is 1. The van der Waals surface area contributed by atoms with E-state index in [1.54, 1.807) is 4.90 Å². The largest absolute Gasteiger partial charge is 0.416 e. The second-order valence-electron chi connectivity index (χ2n) is 7.98. The molecule has 0 atom stereocenters. The summed E-state index contributed by atoms with van der Waals surface area (Å²) in [5, 5.41) is 5.97. The predicted molar refractivity (Wildman–Crippen MR) is 118 cm³/mol. The van der Waals surface area contributed by atoms with Crippen molar-refractivity contribution in [3.63, 3.8) is 0 Å². The molecule has 166 valence electrons. The lowest BCUT2D eigenvalue weighted by atomic mass is 9.97. The molecule has 0 saturated carbocycles. The fourth-order valence-electron chi connectivity index (χ4n) is 3.75. The van der Waals surface area contributed by atoms with E-state index in [0.717, 1.165) is 49.2 Å². The fourth-order valence-corrected chi connectivity index (χ4v) is 3.75. The zero-order chi connectivity index (χ0) is 22.3. The van der Waals surface area contributed by atoms with Gasteiger partial charge in [-0.15, -0.1) is 0 Å². The van der Waals surface area contributed by atoms with Crippen molar-refractivity contribution in [2.45, 2.75) is 25.9 Å². The minimum Gasteiger partial charge on any atom is -0.320 e. The summed E-state index contributed by atoms with van der Waals surface area (Å²) in [6.07, 6.45) is -0.499. The van der Waals surface area contributed by atoms with Crippen molar-refractivity contribution in [1.29, 1.82) is 0 Å². The Balaban J connectivity index is 1.75. The van der Waals surface area contributed by atoms with Crippen LogP contribution < -0.4 is 10.6 Å². The van der Waals surface area contributed by atoms with Gasteiger partial charge in [0.2, 0.25) is 0 Å². The number of alkyl halides is 3. The van der Waals surface area contributed by atoms with E-state index in [-0.39, 0.29) is 5.69 Å². The molecule has 0 aromatic heterocycles. The first-order valence-electron chi connectivity index (χ1n) is 10.5. The van der Waals surface area contributed by atoms with Gasteiger partial charge in [-0.1, -0.05) is 48.0 Å². The molecule has 2 aromatic rings. The molecule has 2 amide bonds. The third-order valence-electron chi connectivity index (χ3n) is 5.32. The Hall–Kier alpha value is -2.80. The Morgan fingerprint density at radius 3 is 2.52 bits per heavy atom. The molecule has 0 radical (unpaired) electrons. The summed E-state index contributed by atoms with van der Waals surface area (Å²) >= 11 is 0. The molecule has 0 spiro atoms. The van der Waals surface area contributed by atoms with Crippen molar-refractivity contribution >= 4 is 17.8 Å². The molecule has 4 nitrogen and oxygen atoms in total. The Morgan fingerprint density at radius 2 is 1.84 bits per heavy atom. The number of rotatable bonds is 6. The summed E-state index contributed by atoms with van der Waals surface area (Å²) in [5.41, 5.74) is 1.40. The number of hydrogen-bond donors (Lipinski definition) is 2. The van der Waals surface area contributed by atoms with Crippen LogP contribution >= 0.6 is 0 Å². The highest BCUT2D eigenvalue weighted by atomic mass is 19.4. The number of nitrogens with zero attached hydrogens (tertiary/aromatic N) is 1. The van der Waals surface area contributed by atoms with Crippen molar-refractivity contribution in [2.24, 2.45) is 5.92 Å². The van der Waals surface area contributed by atoms with Crippen molar-refractivity contribution in [3.05, 3.63) is 71.3 Å². The van der Waals surface area contributed by atoms with Gasteiger partial charge >= 0.3 is 12.2 Å². The number of carbonyl (C=O) groups is 1. The molecule has 2 N–H and O–H groups in total. The van der Waals surface area contributed by atoms with Gasteiger partial charge in [0.1, 0.15) is 0 Å². The van der Waals surface area contributed by atoms with Crippen LogP contribution in [0.2, 0.25) is 0 Å². The molecule has 0 bridgehead atoms. The van der Waals surface area contributed by atoms with Gasteiger partial charge in [0.05, 0.1) is 5.56 Å². The molecule has 3 rings (SSSR count). The maximum Gasteiger partial charge on any atom is 0.416 e. The van der Waals surface area contributed by atoms with Gasteiger partial charge in [-0.05, 0) is 62.5 Å². The van der Waals surface area contributed by atoms with Crippen LogP contribution in [0.5, 0.6) is 0 Å². The van der Waals surface area contributed by atoms with Crippen LogP contribution in [-0.4, -0.2) is 37.1 Å². The zero-order valence-electron chi connectivity index (χ0n) is 17.6. The summed E-state index contributed by atoms with van der Waals surface area (Å²) in [6, 6.07) is 14.2. The summed E-state index contributed by atoms with van der Waals surface area (Å²) in [7, 11) is 0. The highest BCUT2D eigenvalue weighted by Crippen LogP contribution is 2.30. The minimum atomic E-state index is -4.45. The van der Waals surface area contributed by atoms with Crippen LogP contribution in [0, 0.1) is 5.92 Å². The average Bonchev–Trinajstić information content (AvgIpc) is 2.74. The number of hydrogen-bond acceptors (Lipinski definition) is 2. The second-order valence-corrected chi connectivity index (χ2v) is 7.98. The lowest BCUT2D eigenvalue weighted by Crippen LogP contribution is -2.42. The molecule has 7 heteroatoms. The monoisotopic (exact) mass is 431 g/mol. The van der Waals surface area contributed by atoms with Gasteiger partial charge in [-0.25, -0.2) is 4.79 Å². The lowest BCUT2D eigenvalue weighted by Gasteiger charge is -2.30. The van der Waals surface area contributed by atoms with Gasteiger partial charge in [0.15, 0.2) is 0 Å². The van der Waals surface area contributed by atoms with Crippen LogP contribution in [0.25, 0.3) is 6.08 Å². The van der Waals surface area contributed by atoms with Crippen LogP contribution in [0.1, 0.15) is 30.9 Å². The molecule has 0 aliphatic carbocycles. The van der Waals surface area contributed by atoms with E-state index in [4.69, 9.17) is 0 Å². The topological polar surface area (TPSA) is 44.4 Å². The summed E-state index contributed by atoms with van der Waals surface area (Å²) in [6.45, 7) is 4.75. The molecule has 1 saturated heterocycles. The van der Waals surface area contributed by atoms with Crippen molar-refractivity contribution in [2.75, 3.05) is 31.5 Å². The molecule has 1 fully saturated rings. The summed E-state index contributed by atoms with van der Waals surface area (Å²) in [5.74, 6) is 0.359. The van der Waals surface area contributed by atoms with Gasteiger partial charge in [-0.2, -0.15) is 13.2 Å². The van der Waals surface area contributed by atoms with Gasteiger partial charge < -0.3 is 15.5 Å². The van der Waals surface area contributed by atoms with Crippen LogP contribution in [-0.2, 0) is 6.18 Å². The third kappa shape index (κ3) is 7.14. The molecule has 31 heavy (non-hydrogen) atoms. The van der Waals surface area contributed by atoms with Gasteiger partial charge in [-0.3, -0.25) is 0 Å². The Labute approximate surface area is 181 Å². The number of amides is 2. The van der Waals surface area contributed by atoms with E-state index < -0.39 is 17.8 Å². The summed E-state index contributed by atoms with van der Waals surface area (Å²) < 4.78 is 39.0. The molecular formula is C24H28F3N3O. The first-order valence-corrected chi connectivity index (χ1v) is 10.5. The smallest absolute Gasteiger partial charge is 0.320 e. The molecular weight excluding hydrogens is 403 g/mol. The van der Waals surface area contributed by atoms with Crippen LogP contribution in [0.15, 0.2) is 60.2 Å². The van der Waals surface area contributed by atoms with Gasteiger partial charge in [0.25, 0.3) is 0 Å². The number of anilines is 1. The minimum absolute atomic E-state index is 0.139. The molecule has 1 aliphatic heterocycles. The first kappa shape index (κ1) is 22.9. The number of urea groups is 1. The number of benzene rings is 2. The lowest BCUT2D eigenvalue weighted by molar-refractivity contribution is -0.137. The number of halogens is 3. The van der Waals surface area contributed by atoms with E-state index in [1.165, 1.54) is 12.1 Å². The maximum absolute atomic E-state index is 13.0. The molecule has 0 unspecified atom stereocenters. The fraction of sp³-hybridized carbons (Fsp3) is 0.375. The summed E-state index contributed by atoms with van der Waals surface area (Å²) in [4.78, 5) is 14.7. The molecule has 2 aromatic carbocycles. The highest BCUT2D eigenvalue weighted by molar-refractivity contribution is 5.89. The number of nitrogens with one attached hydrogen (secondary N) is 2. The van der Waals surface area contributed by atoms with E-state index in [2.05, 4.69) is 10.6 Å². The Kier molecular flexibility index (Phi) is 7.74. The quantitative estimate of drug-likeness (QED) is 0.622. The Morgan fingerprint density at radius 1 is 1.13 bits per heavy atom. The molecule has 1 heterocycles. The van der Waals surface area contributed by atoms with E-state index in [9.17, 15) is 18.0 Å². The highest BCUT2D eigenvalue weighted by Gasteiger charge is 2.30. The van der Waals surface area contributed by atoms with E-state index in [1.807, 2.05) is 43.3 Å². The van der Waals surface area contributed by atoms with Gasteiger partial charge in [0, 0.05) is 18.8 Å². The second kappa shape index (κ2) is 10.5. The first-order chi connectivity index (χ1) is 14.8. The normalized spacial score (nSPS) is 15.5. The predicted octanol–water partition coefficient (Wildman–Crippen LogP) is 5.64. The standard InChI is InChI=1S/C24H28F3N3O/c1-18(14-19-6-3-2-4-7-19)16-30(17-20-10-12-28-13-11-20)23(31)29-22-9-5-8-21(15-22)24(25,26)27/h2-9,14-15,20,28H,10-13,16-17H2,1H3,(H,29,31)/b18-14+. The Bertz CT molecular complexity index is 890. The zero-order valence-corrected chi connectivity index (χ0v) is 17.6. The molecule has 1 aliphatic rings. The number of piperidine rings is 1. The van der Waals surface area contributed by atoms with Crippen LogP contribution in [0.4, 0.5) is 23.7 Å². The van der Waals surface area contributed by atoms with Crippen molar-refractivity contribution in [3.8, 4) is 0 Å². The SMILES string of the molecule is C/C(=C\c1ccccc1)CN(CC1CCNCC1)C(=O)Nc1cccc(C(F)(F)F)c1. The van der Waals surface area contributed by atoms with E-state index >= 15 is 0 Å².